The second-order valence-corrected chi connectivity index (χ2v) is 10.4. The van der Waals surface area contributed by atoms with E-state index in [1.807, 2.05) is 18.3 Å². The normalized spacial score (nSPS) is 12.4. The van der Waals surface area contributed by atoms with E-state index in [4.69, 9.17) is 9.97 Å². The van der Waals surface area contributed by atoms with Crippen LogP contribution in [0.3, 0.4) is 0 Å². The Kier molecular flexibility index (Phi) is 5.49. The fourth-order valence-corrected chi connectivity index (χ4v) is 5.89. The van der Waals surface area contributed by atoms with Crippen LogP contribution in [0.1, 0.15) is 11.3 Å². The lowest BCUT2D eigenvalue weighted by molar-refractivity contribution is 0.855. The molecule has 0 fully saturated rings. The molecule has 0 spiro atoms. The van der Waals surface area contributed by atoms with Crippen LogP contribution in [0.2, 0.25) is 0 Å². The monoisotopic (exact) mass is 526 g/mol. The Hall–Kier alpha value is -5.48. The summed E-state index contributed by atoms with van der Waals surface area (Å²) in [6.45, 7) is 0.827. The first-order valence-electron chi connectivity index (χ1n) is 13.9. The van der Waals surface area contributed by atoms with Crippen LogP contribution in [0.25, 0.3) is 67.3 Å². The first kappa shape index (κ1) is 23.4. The molecule has 0 unspecified atom stereocenters. The Morgan fingerprint density at radius 2 is 1.24 bits per heavy atom. The van der Waals surface area contributed by atoms with Crippen molar-refractivity contribution in [3.8, 4) is 39.6 Å². The first-order chi connectivity index (χ1) is 20.3. The smallest absolute Gasteiger partial charge is 0.0893 e. The van der Waals surface area contributed by atoms with Crippen LogP contribution in [0.5, 0.6) is 0 Å². The number of benzene rings is 4. The fraction of sp³-hybridized carbons (Fsp3) is 0.0270. The summed E-state index contributed by atoms with van der Waals surface area (Å²) in [5.74, 6) is 0. The highest BCUT2D eigenvalue weighted by molar-refractivity contribution is 5.91. The van der Waals surface area contributed by atoms with Gasteiger partial charge in [0, 0.05) is 34.3 Å². The average Bonchev–Trinajstić information content (AvgIpc) is 3.39. The van der Waals surface area contributed by atoms with Crippen molar-refractivity contribution in [2.24, 2.45) is 0 Å². The van der Waals surface area contributed by atoms with Crippen LogP contribution in [-0.2, 0) is 6.54 Å². The first-order valence-corrected chi connectivity index (χ1v) is 13.9. The summed E-state index contributed by atoms with van der Waals surface area (Å²) in [4.78, 5) is 10.1. The molecule has 4 heteroatoms. The minimum atomic E-state index is 0.827. The summed E-state index contributed by atoms with van der Waals surface area (Å²) in [5.41, 5.74) is 10.6. The van der Waals surface area contributed by atoms with E-state index in [2.05, 4.69) is 131 Å². The minimum Gasteiger partial charge on any atom is -0.387 e. The Labute approximate surface area is 238 Å². The average molecular weight is 527 g/mol. The molecule has 1 aliphatic rings. The van der Waals surface area contributed by atoms with Crippen molar-refractivity contribution < 1.29 is 0 Å². The summed E-state index contributed by atoms with van der Waals surface area (Å²) >= 11 is 0. The Balaban J connectivity index is 1.18. The van der Waals surface area contributed by atoms with Gasteiger partial charge in [-0.1, -0.05) is 78.9 Å². The maximum absolute atomic E-state index is 5.07. The SMILES string of the molecule is C1=Cc2c(c3ccccc3n2-c2cccc(-c3cccc(-c4cccc(-c5ccc6ccccc6c5)n4)n3)c2)CN1. The fourth-order valence-electron chi connectivity index (χ4n) is 5.89. The number of pyridine rings is 2. The summed E-state index contributed by atoms with van der Waals surface area (Å²) in [5, 5.41) is 7.08. The Bertz CT molecular complexity index is 2120. The van der Waals surface area contributed by atoms with Crippen molar-refractivity contribution in [3.63, 3.8) is 0 Å². The molecule has 8 rings (SSSR count). The molecule has 194 valence electrons. The van der Waals surface area contributed by atoms with Crippen LogP contribution >= 0.6 is 0 Å². The lowest BCUT2D eigenvalue weighted by Gasteiger charge is -2.14. The van der Waals surface area contributed by atoms with Gasteiger partial charge >= 0.3 is 0 Å². The van der Waals surface area contributed by atoms with Crippen molar-refractivity contribution in [2.45, 2.75) is 6.54 Å². The topological polar surface area (TPSA) is 42.7 Å². The number of fused-ring (bicyclic) bond motifs is 4. The van der Waals surface area contributed by atoms with Gasteiger partial charge in [-0.2, -0.15) is 0 Å². The van der Waals surface area contributed by atoms with Gasteiger partial charge in [-0.05, 0) is 71.6 Å². The zero-order valence-corrected chi connectivity index (χ0v) is 22.3. The summed E-state index contributed by atoms with van der Waals surface area (Å²) < 4.78 is 2.35. The van der Waals surface area contributed by atoms with Gasteiger partial charge in [-0.3, -0.25) is 0 Å². The largest absolute Gasteiger partial charge is 0.387 e. The highest BCUT2D eigenvalue weighted by atomic mass is 15.0. The van der Waals surface area contributed by atoms with Gasteiger partial charge < -0.3 is 9.88 Å². The second-order valence-electron chi connectivity index (χ2n) is 10.4. The Morgan fingerprint density at radius 1 is 0.561 bits per heavy atom. The summed E-state index contributed by atoms with van der Waals surface area (Å²) in [6.07, 6.45) is 4.20. The van der Waals surface area contributed by atoms with Crippen molar-refractivity contribution >= 4 is 27.8 Å². The molecule has 0 radical (unpaired) electrons. The third kappa shape index (κ3) is 4.09. The van der Waals surface area contributed by atoms with Gasteiger partial charge in [0.1, 0.15) is 0 Å². The third-order valence-electron chi connectivity index (χ3n) is 7.86. The molecule has 41 heavy (non-hydrogen) atoms. The predicted molar refractivity (Wildman–Crippen MR) is 169 cm³/mol. The molecular formula is C37H26N4. The molecule has 0 aliphatic carbocycles. The van der Waals surface area contributed by atoms with Gasteiger partial charge in [0.15, 0.2) is 0 Å². The summed E-state index contributed by atoms with van der Waals surface area (Å²) in [7, 11) is 0. The van der Waals surface area contributed by atoms with E-state index in [0.29, 0.717) is 0 Å². The van der Waals surface area contributed by atoms with Crippen LogP contribution in [-0.4, -0.2) is 14.5 Å². The molecule has 0 bridgehead atoms. The molecule has 4 heterocycles. The second kappa shape index (κ2) is 9.61. The minimum absolute atomic E-state index is 0.827. The van der Waals surface area contributed by atoms with Crippen LogP contribution < -0.4 is 5.32 Å². The number of hydrogen-bond donors (Lipinski definition) is 1. The van der Waals surface area contributed by atoms with E-state index in [-0.39, 0.29) is 0 Å². The van der Waals surface area contributed by atoms with E-state index in [1.54, 1.807) is 0 Å². The van der Waals surface area contributed by atoms with Crippen molar-refractivity contribution in [1.82, 2.24) is 19.9 Å². The lowest BCUT2D eigenvalue weighted by Crippen LogP contribution is -2.10. The molecule has 1 N–H and O–H groups in total. The van der Waals surface area contributed by atoms with Crippen molar-refractivity contribution in [3.05, 3.63) is 145 Å². The van der Waals surface area contributed by atoms with Gasteiger partial charge in [-0.15, -0.1) is 0 Å². The number of rotatable bonds is 4. The molecule has 4 aromatic carbocycles. The van der Waals surface area contributed by atoms with E-state index >= 15 is 0 Å². The van der Waals surface area contributed by atoms with Crippen molar-refractivity contribution in [1.29, 1.82) is 0 Å². The molecule has 0 amide bonds. The maximum Gasteiger partial charge on any atom is 0.0893 e. The molecule has 7 aromatic rings. The number of nitrogens with one attached hydrogen (secondary N) is 1. The molecule has 4 nitrogen and oxygen atoms in total. The zero-order valence-electron chi connectivity index (χ0n) is 22.3. The molecule has 3 aromatic heterocycles. The summed E-state index contributed by atoms with van der Waals surface area (Å²) in [6, 6.07) is 44.5. The van der Waals surface area contributed by atoms with Crippen LogP contribution in [0.15, 0.2) is 134 Å². The molecular weight excluding hydrogens is 500 g/mol. The number of para-hydroxylation sites is 1. The van der Waals surface area contributed by atoms with Crippen molar-refractivity contribution in [2.75, 3.05) is 0 Å². The quantitative estimate of drug-likeness (QED) is 0.250. The standard InChI is InChI=1S/C37H26N4/c1-2-9-26-22-28(19-18-25(26)8-1)33-14-7-16-35(40-33)34-15-6-13-32(39-34)27-10-5-11-29(23-27)41-36-17-4-3-12-30(36)31-24-38-21-20-37(31)41/h1-23,38H,24H2. The molecule has 0 saturated heterocycles. The van der Waals surface area contributed by atoms with Crippen LogP contribution in [0.4, 0.5) is 0 Å². The van der Waals surface area contributed by atoms with Gasteiger partial charge in [0.05, 0.1) is 34.0 Å². The van der Waals surface area contributed by atoms with Crippen LogP contribution in [0, 0.1) is 0 Å². The lowest BCUT2D eigenvalue weighted by atomic mass is 10.0. The van der Waals surface area contributed by atoms with E-state index in [9.17, 15) is 0 Å². The van der Waals surface area contributed by atoms with E-state index in [0.717, 1.165) is 46.1 Å². The van der Waals surface area contributed by atoms with E-state index < -0.39 is 0 Å². The maximum atomic E-state index is 5.07. The number of hydrogen-bond acceptors (Lipinski definition) is 3. The highest BCUT2D eigenvalue weighted by Crippen LogP contribution is 2.33. The molecule has 1 aliphatic heterocycles. The predicted octanol–water partition coefficient (Wildman–Crippen LogP) is 8.65. The van der Waals surface area contributed by atoms with E-state index in [1.165, 1.54) is 32.9 Å². The Morgan fingerprint density at radius 3 is 2.07 bits per heavy atom. The number of nitrogens with zero attached hydrogens (tertiary/aromatic N) is 3. The highest BCUT2D eigenvalue weighted by Gasteiger charge is 2.18. The van der Waals surface area contributed by atoms with Gasteiger partial charge in [-0.25, -0.2) is 9.97 Å². The van der Waals surface area contributed by atoms with Gasteiger partial charge in [0.25, 0.3) is 0 Å². The number of aromatic nitrogens is 3. The van der Waals surface area contributed by atoms with Gasteiger partial charge in [0.2, 0.25) is 0 Å². The molecule has 0 saturated carbocycles. The third-order valence-corrected chi connectivity index (χ3v) is 7.86. The zero-order chi connectivity index (χ0) is 27.2. The molecule has 0 atom stereocenters.